The number of quaternary nitrogens is 1. The van der Waals surface area contributed by atoms with Gasteiger partial charge in [0.25, 0.3) is 0 Å². The molecule has 0 heterocycles. The zero-order chi connectivity index (χ0) is 24.4. The first-order chi connectivity index (χ1) is 17.1. The molecule has 4 rings (SSSR count). The van der Waals surface area contributed by atoms with Crippen LogP contribution in [0.4, 0.5) is 0 Å². The van der Waals surface area contributed by atoms with Crippen molar-refractivity contribution in [2.45, 2.75) is 39.7 Å². The van der Waals surface area contributed by atoms with E-state index in [-0.39, 0.29) is 5.41 Å². The Balaban J connectivity index is 1.78. The summed E-state index contributed by atoms with van der Waals surface area (Å²) in [5.74, 6) is 0. The predicted molar refractivity (Wildman–Crippen MR) is 149 cm³/mol. The number of hydrogen-bond donors (Lipinski definition) is 0. The number of hydrogen-bond acceptors (Lipinski definition) is 0. The Hall–Kier alpha value is -3.16. The highest BCUT2D eigenvalue weighted by molar-refractivity contribution is 5.25. The van der Waals surface area contributed by atoms with Gasteiger partial charge in [-0.05, 0) is 49.8 Å². The van der Waals surface area contributed by atoms with Crippen LogP contribution < -0.4 is 0 Å². The third-order valence-corrected chi connectivity index (χ3v) is 7.64. The van der Waals surface area contributed by atoms with Crippen molar-refractivity contribution in [3.8, 4) is 0 Å². The first kappa shape index (κ1) is 24.9. The van der Waals surface area contributed by atoms with Crippen molar-refractivity contribution in [1.29, 1.82) is 0 Å². The van der Waals surface area contributed by atoms with Crippen LogP contribution in [-0.4, -0.2) is 24.1 Å². The van der Waals surface area contributed by atoms with Crippen LogP contribution >= 0.6 is 0 Å². The lowest BCUT2D eigenvalue weighted by Gasteiger charge is -2.46. The van der Waals surface area contributed by atoms with E-state index in [1.165, 1.54) is 22.3 Å². The quantitative estimate of drug-likeness (QED) is 0.189. The van der Waals surface area contributed by atoms with Crippen molar-refractivity contribution < 1.29 is 4.48 Å². The molecule has 0 amide bonds. The van der Waals surface area contributed by atoms with Crippen LogP contribution in [-0.2, 0) is 25.8 Å². The van der Waals surface area contributed by atoms with Gasteiger partial charge in [0, 0.05) is 11.0 Å². The van der Waals surface area contributed by atoms with Gasteiger partial charge in [-0.25, -0.2) is 0 Å². The second-order valence-corrected chi connectivity index (χ2v) is 10.3. The van der Waals surface area contributed by atoms with E-state index in [9.17, 15) is 0 Å². The molecule has 0 saturated carbocycles. The largest absolute Gasteiger partial charge is 0.320 e. The van der Waals surface area contributed by atoms with E-state index in [4.69, 9.17) is 0 Å². The SMILES string of the molecule is CC[N+](CC)(Cc1ccccc1)CC(Cc1ccccc1)(Cc1ccccc1)Cc1ccccc1. The molecular weight excluding hydrogens is 422 g/mol. The fourth-order valence-corrected chi connectivity index (χ4v) is 5.85. The van der Waals surface area contributed by atoms with Gasteiger partial charge in [-0.15, -0.1) is 0 Å². The Labute approximate surface area is 212 Å². The van der Waals surface area contributed by atoms with Crippen molar-refractivity contribution in [2.75, 3.05) is 19.6 Å². The summed E-state index contributed by atoms with van der Waals surface area (Å²) in [5.41, 5.74) is 5.84. The second kappa shape index (κ2) is 12.0. The molecular formula is C34H40N+. The molecule has 0 bridgehead atoms. The topological polar surface area (TPSA) is 0 Å². The maximum Gasteiger partial charge on any atom is 0.104 e. The summed E-state index contributed by atoms with van der Waals surface area (Å²) >= 11 is 0. The van der Waals surface area contributed by atoms with Crippen LogP contribution in [0.25, 0.3) is 0 Å². The highest BCUT2D eigenvalue weighted by Crippen LogP contribution is 2.36. The number of nitrogens with zero attached hydrogens (tertiary/aromatic N) is 1. The molecule has 35 heavy (non-hydrogen) atoms. The molecule has 1 nitrogen and oxygen atoms in total. The fourth-order valence-electron chi connectivity index (χ4n) is 5.85. The van der Waals surface area contributed by atoms with Crippen molar-refractivity contribution in [3.05, 3.63) is 144 Å². The first-order valence-corrected chi connectivity index (χ1v) is 13.2. The fraction of sp³-hybridized carbons (Fsp3) is 0.294. The molecule has 4 aromatic rings. The third-order valence-electron chi connectivity index (χ3n) is 7.64. The maximum absolute atomic E-state index is 2.38. The molecule has 1 heteroatoms. The first-order valence-electron chi connectivity index (χ1n) is 13.2. The van der Waals surface area contributed by atoms with Gasteiger partial charge in [0.1, 0.15) is 6.54 Å². The molecule has 0 aliphatic rings. The monoisotopic (exact) mass is 462 g/mol. The van der Waals surface area contributed by atoms with E-state index in [1.54, 1.807) is 0 Å². The van der Waals surface area contributed by atoms with Crippen LogP contribution in [0.15, 0.2) is 121 Å². The molecule has 0 saturated heterocycles. The molecule has 0 spiro atoms. The lowest BCUT2D eigenvalue weighted by atomic mass is 9.71. The van der Waals surface area contributed by atoms with Gasteiger partial charge in [0.05, 0.1) is 19.6 Å². The molecule has 0 unspecified atom stereocenters. The van der Waals surface area contributed by atoms with Crippen LogP contribution in [0.3, 0.4) is 0 Å². The summed E-state index contributed by atoms with van der Waals surface area (Å²) in [6, 6.07) is 44.5. The van der Waals surface area contributed by atoms with Gasteiger partial charge in [0.15, 0.2) is 0 Å². The minimum Gasteiger partial charge on any atom is -0.320 e. The predicted octanol–water partition coefficient (Wildman–Crippen LogP) is 7.76. The molecule has 4 aromatic carbocycles. The number of rotatable bonds is 12. The van der Waals surface area contributed by atoms with Crippen molar-refractivity contribution in [2.24, 2.45) is 5.41 Å². The van der Waals surface area contributed by atoms with E-state index in [2.05, 4.69) is 135 Å². The Morgan fingerprint density at radius 1 is 0.457 bits per heavy atom. The van der Waals surface area contributed by atoms with Crippen LogP contribution in [0.2, 0.25) is 0 Å². The Morgan fingerprint density at radius 3 is 1.09 bits per heavy atom. The minimum atomic E-state index is 0.102. The lowest BCUT2D eigenvalue weighted by Crippen LogP contribution is -2.55. The molecule has 0 aliphatic carbocycles. The summed E-state index contributed by atoms with van der Waals surface area (Å²) in [5, 5.41) is 0. The third kappa shape index (κ3) is 6.93. The summed E-state index contributed by atoms with van der Waals surface area (Å²) in [6.07, 6.45) is 3.23. The minimum absolute atomic E-state index is 0.102. The van der Waals surface area contributed by atoms with Crippen LogP contribution in [0.1, 0.15) is 36.1 Å². The highest BCUT2D eigenvalue weighted by Gasteiger charge is 2.40. The van der Waals surface area contributed by atoms with E-state index >= 15 is 0 Å². The molecule has 0 aromatic heterocycles. The van der Waals surface area contributed by atoms with E-state index < -0.39 is 0 Å². The van der Waals surface area contributed by atoms with Gasteiger partial charge in [0.2, 0.25) is 0 Å². The van der Waals surface area contributed by atoms with Gasteiger partial charge in [-0.2, -0.15) is 0 Å². The molecule has 0 aliphatic heterocycles. The van der Waals surface area contributed by atoms with Crippen molar-refractivity contribution >= 4 is 0 Å². The van der Waals surface area contributed by atoms with E-state index in [0.717, 1.165) is 49.9 Å². The summed E-state index contributed by atoms with van der Waals surface area (Å²) in [4.78, 5) is 0. The Morgan fingerprint density at radius 2 is 0.771 bits per heavy atom. The van der Waals surface area contributed by atoms with E-state index in [1.807, 2.05) is 0 Å². The standard InChI is InChI=1S/C34H40N/c1-3-35(4-2,28-33-23-15-8-16-24-33)29-34(25-30-17-9-5-10-18-30,26-31-19-11-6-12-20-31)27-32-21-13-7-14-22-32/h5-24H,3-4,25-29H2,1-2H3/q+1. The zero-order valence-electron chi connectivity index (χ0n) is 21.4. The number of benzene rings is 4. The smallest absolute Gasteiger partial charge is 0.104 e. The van der Waals surface area contributed by atoms with Crippen LogP contribution in [0, 0.1) is 5.41 Å². The average Bonchev–Trinajstić information content (AvgIpc) is 2.90. The highest BCUT2D eigenvalue weighted by atomic mass is 15.3. The molecule has 0 fully saturated rings. The summed E-state index contributed by atoms with van der Waals surface area (Å²) in [6.45, 7) is 9.24. The second-order valence-electron chi connectivity index (χ2n) is 10.3. The maximum atomic E-state index is 2.38. The van der Waals surface area contributed by atoms with Crippen molar-refractivity contribution in [1.82, 2.24) is 0 Å². The van der Waals surface area contributed by atoms with Gasteiger partial charge >= 0.3 is 0 Å². The molecule has 0 radical (unpaired) electrons. The normalized spacial score (nSPS) is 11.9. The van der Waals surface area contributed by atoms with Gasteiger partial charge < -0.3 is 4.48 Å². The van der Waals surface area contributed by atoms with Gasteiger partial charge in [-0.3, -0.25) is 0 Å². The Bertz CT molecular complexity index is 1010. The lowest BCUT2D eigenvalue weighted by molar-refractivity contribution is -0.943. The van der Waals surface area contributed by atoms with Crippen LogP contribution in [0.5, 0.6) is 0 Å². The van der Waals surface area contributed by atoms with Crippen molar-refractivity contribution in [3.63, 3.8) is 0 Å². The Kier molecular flexibility index (Phi) is 8.55. The molecule has 0 atom stereocenters. The average molecular weight is 463 g/mol. The zero-order valence-corrected chi connectivity index (χ0v) is 21.4. The summed E-state index contributed by atoms with van der Waals surface area (Å²) < 4.78 is 1.09. The molecule has 0 N–H and O–H groups in total. The van der Waals surface area contributed by atoms with E-state index in [0.29, 0.717) is 0 Å². The summed E-state index contributed by atoms with van der Waals surface area (Å²) in [7, 11) is 0. The van der Waals surface area contributed by atoms with Gasteiger partial charge in [-0.1, -0.05) is 121 Å². The molecule has 180 valence electrons.